The summed E-state index contributed by atoms with van der Waals surface area (Å²) in [6.45, 7) is 0.158. The van der Waals surface area contributed by atoms with Gasteiger partial charge in [0.05, 0.1) is 13.1 Å². The Kier molecular flexibility index (Phi) is 6.74. The maximum absolute atomic E-state index is 13.3. The standard InChI is InChI=1S/C27H27NO7/c29-19(25-16-32-21-10-4-6-12-23(21)34-25)14-28(27(31)18-8-2-1-3-9-18)15-20(30)26-17-33-22-11-5-7-13-24(22)35-26/h1-13,19-20,25-26,29-30H,14-17H2. The van der Waals surface area contributed by atoms with E-state index in [4.69, 9.17) is 18.9 Å². The fraction of sp³-hybridized carbons (Fsp3) is 0.296. The summed E-state index contributed by atoms with van der Waals surface area (Å²) in [6, 6.07) is 23.2. The summed E-state index contributed by atoms with van der Waals surface area (Å²) >= 11 is 0. The van der Waals surface area contributed by atoms with Gasteiger partial charge in [-0.15, -0.1) is 0 Å². The molecular formula is C27H27NO7. The van der Waals surface area contributed by atoms with Gasteiger partial charge in [0.25, 0.3) is 5.91 Å². The number of rotatable bonds is 7. The van der Waals surface area contributed by atoms with Crippen molar-refractivity contribution < 1.29 is 34.0 Å². The first-order valence-electron chi connectivity index (χ1n) is 11.6. The van der Waals surface area contributed by atoms with Crippen LogP contribution in [0.25, 0.3) is 0 Å². The summed E-state index contributed by atoms with van der Waals surface area (Å²) in [4.78, 5) is 14.8. The van der Waals surface area contributed by atoms with Crippen molar-refractivity contribution in [3.8, 4) is 23.0 Å². The highest BCUT2D eigenvalue weighted by Gasteiger charge is 2.34. The van der Waals surface area contributed by atoms with E-state index in [-0.39, 0.29) is 32.2 Å². The molecule has 1 amide bonds. The third kappa shape index (κ3) is 5.18. The Morgan fingerprint density at radius 2 is 1.14 bits per heavy atom. The zero-order chi connectivity index (χ0) is 24.2. The molecule has 0 radical (unpaired) electrons. The fourth-order valence-electron chi connectivity index (χ4n) is 4.14. The lowest BCUT2D eigenvalue weighted by atomic mass is 10.1. The van der Waals surface area contributed by atoms with E-state index in [9.17, 15) is 15.0 Å². The van der Waals surface area contributed by atoms with E-state index >= 15 is 0 Å². The van der Waals surface area contributed by atoms with Crippen molar-refractivity contribution in [1.29, 1.82) is 0 Å². The number of nitrogens with zero attached hydrogens (tertiary/aromatic N) is 1. The molecule has 0 fully saturated rings. The van der Waals surface area contributed by atoms with Crippen LogP contribution in [0.15, 0.2) is 78.9 Å². The first kappa shape index (κ1) is 23.0. The lowest BCUT2D eigenvalue weighted by molar-refractivity contribution is -0.0441. The highest BCUT2D eigenvalue weighted by atomic mass is 16.6. The van der Waals surface area contributed by atoms with Gasteiger partial charge in [-0.1, -0.05) is 42.5 Å². The van der Waals surface area contributed by atoms with Crippen molar-refractivity contribution >= 4 is 5.91 Å². The van der Waals surface area contributed by atoms with E-state index < -0.39 is 24.4 Å². The molecule has 2 aliphatic rings. The molecule has 0 spiro atoms. The predicted octanol–water partition coefficient (Wildman–Crippen LogP) is 2.53. The first-order chi connectivity index (χ1) is 17.1. The number of fused-ring (bicyclic) bond motifs is 2. The number of amides is 1. The highest BCUT2D eigenvalue weighted by molar-refractivity contribution is 5.94. The SMILES string of the molecule is O=C(c1ccccc1)N(CC(O)C1COc2ccccc2O1)CC(O)C1COc2ccccc2O1. The number of carbonyl (C=O) groups excluding carboxylic acids is 1. The van der Waals surface area contributed by atoms with Gasteiger partial charge in [0, 0.05) is 5.56 Å². The van der Waals surface area contributed by atoms with Crippen LogP contribution in [0.5, 0.6) is 23.0 Å². The molecule has 0 saturated heterocycles. The Balaban J connectivity index is 1.30. The summed E-state index contributed by atoms with van der Waals surface area (Å²) in [5, 5.41) is 22.0. The van der Waals surface area contributed by atoms with Gasteiger partial charge in [-0.05, 0) is 36.4 Å². The molecule has 0 aromatic heterocycles. The molecule has 2 heterocycles. The van der Waals surface area contributed by atoms with Gasteiger partial charge in [-0.2, -0.15) is 0 Å². The molecule has 3 aromatic rings. The largest absolute Gasteiger partial charge is 0.486 e. The first-order valence-corrected chi connectivity index (χ1v) is 11.6. The van der Waals surface area contributed by atoms with Gasteiger partial charge >= 0.3 is 0 Å². The van der Waals surface area contributed by atoms with E-state index in [1.807, 2.05) is 30.3 Å². The van der Waals surface area contributed by atoms with Crippen molar-refractivity contribution in [2.24, 2.45) is 0 Å². The van der Waals surface area contributed by atoms with E-state index in [0.29, 0.717) is 28.6 Å². The van der Waals surface area contributed by atoms with E-state index in [2.05, 4.69) is 0 Å². The molecule has 0 bridgehead atoms. The van der Waals surface area contributed by atoms with Crippen molar-refractivity contribution in [1.82, 2.24) is 4.90 Å². The molecule has 2 aliphatic heterocycles. The number of hydrogen-bond donors (Lipinski definition) is 2. The van der Waals surface area contributed by atoms with E-state index in [1.54, 1.807) is 48.5 Å². The monoisotopic (exact) mass is 477 g/mol. The minimum atomic E-state index is -1.05. The average molecular weight is 478 g/mol. The predicted molar refractivity (Wildman–Crippen MR) is 127 cm³/mol. The Hall–Kier alpha value is -3.75. The summed E-state index contributed by atoms with van der Waals surface area (Å²) in [7, 11) is 0. The van der Waals surface area contributed by atoms with Crippen molar-refractivity contribution in [2.75, 3.05) is 26.3 Å². The number of aliphatic hydroxyl groups is 2. The summed E-state index contributed by atoms with van der Waals surface area (Å²) in [5.41, 5.74) is 0.448. The zero-order valence-electron chi connectivity index (χ0n) is 19.0. The molecule has 182 valence electrons. The second kappa shape index (κ2) is 10.2. The topological polar surface area (TPSA) is 97.7 Å². The molecule has 8 nitrogen and oxygen atoms in total. The van der Waals surface area contributed by atoms with Crippen LogP contribution in [0.4, 0.5) is 0 Å². The van der Waals surface area contributed by atoms with Crippen molar-refractivity contribution in [3.05, 3.63) is 84.4 Å². The molecule has 5 rings (SSSR count). The van der Waals surface area contributed by atoms with Crippen LogP contribution in [0.2, 0.25) is 0 Å². The second-order valence-electron chi connectivity index (χ2n) is 8.54. The minimum Gasteiger partial charge on any atom is -0.486 e. The lowest BCUT2D eigenvalue weighted by Gasteiger charge is -2.35. The Labute approximate surface area is 203 Å². The number of benzene rings is 3. The zero-order valence-corrected chi connectivity index (χ0v) is 19.0. The van der Waals surface area contributed by atoms with E-state index in [1.165, 1.54) is 4.90 Å². The van der Waals surface area contributed by atoms with Crippen LogP contribution in [0, 0.1) is 0 Å². The third-order valence-corrected chi connectivity index (χ3v) is 6.04. The summed E-state index contributed by atoms with van der Waals surface area (Å²) in [6.07, 6.45) is -3.44. The molecule has 35 heavy (non-hydrogen) atoms. The van der Waals surface area contributed by atoms with Gasteiger partial charge in [0.15, 0.2) is 35.2 Å². The maximum Gasteiger partial charge on any atom is 0.254 e. The van der Waals surface area contributed by atoms with Gasteiger partial charge in [0.1, 0.15) is 25.4 Å². The Bertz CT molecular complexity index is 1090. The average Bonchev–Trinajstić information content (AvgIpc) is 2.92. The molecule has 8 heteroatoms. The molecule has 4 unspecified atom stereocenters. The molecular weight excluding hydrogens is 450 g/mol. The lowest BCUT2D eigenvalue weighted by Crippen LogP contribution is -2.52. The number of para-hydroxylation sites is 4. The second-order valence-corrected chi connectivity index (χ2v) is 8.54. The summed E-state index contributed by atoms with van der Waals surface area (Å²) < 4.78 is 23.3. The van der Waals surface area contributed by atoms with Gasteiger partial charge in [-0.3, -0.25) is 4.79 Å². The highest BCUT2D eigenvalue weighted by Crippen LogP contribution is 2.33. The maximum atomic E-state index is 13.3. The Morgan fingerprint density at radius 3 is 1.63 bits per heavy atom. The van der Waals surface area contributed by atoms with Crippen molar-refractivity contribution in [2.45, 2.75) is 24.4 Å². The molecule has 4 atom stereocenters. The number of carbonyl (C=O) groups is 1. The van der Waals surface area contributed by atoms with Crippen molar-refractivity contribution in [3.63, 3.8) is 0 Å². The van der Waals surface area contributed by atoms with Crippen LogP contribution in [0.1, 0.15) is 10.4 Å². The quantitative estimate of drug-likeness (QED) is 0.540. The van der Waals surface area contributed by atoms with Gasteiger partial charge in [0.2, 0.25) is 0 Å². The van der Waals surface area contributed by atoms with Gasteiger partial charge in [-0.25, -0.2) is 0 Å². The van der Waals surface area contributed by atoms with Crippen LogP contribution in [-0.4, -0.2) is 71.7 Å². The smallest absolute Gasteiger partial charge is 0.254 e. The number of ether oxygens (including phenoxy) is 4. The Morgan fingerprint density at radius 1 is 0.714 bits per heavy atom. The van der Waals surface area contributed by atoms with E-state index in [0.717, 1.165) is 0 Å². The van der Waals surface area contributed by atoms with Crippen LogP contribution in [0.3, 0.4) is 0 Å². The fourth-order valence-corrected chi connectivity index (χ4v) is 4.14. The molecule has 0 aliphatic carbocycles. The summed E-state index contributed by atoms with van der Waals surface area (Å²) in [5.74, 6) is 1.97. The molecule has 3 aromatic carbocycles. The number of aliphatic hydroxyl groups excluding tert-OH is 2. The minimum absolute atomic E-state index is 0.0643. The van der Waals surface area contributed by atoms with Gasteiger partial charge < -0.3 is 34.1 Å². The van der Waals surface area contributed by atoms with Crippen LogP contribution in [-0.2, 0) is 0 Å². The molecule has 2 N–H and O–H groups in total. The van der Waals surface area contributed by atoms with Crippen LogP contribution >= 0.6 is 0 Å². The molecule has 0 saturated carbocycles. The van der Waals surface area contributed by atoms with Crippen LogP contribution < -0.4 is 18.9 Å². The number of hydrogen-bond acceptors (Lipinski definition) is 7. The normalized spacial score (nSPS) is 19.9. The third-order valence-electron chi connectivity index (χ3n) is 6.04.